The Morgan fingerprint density at radius 3 is 2.95 bits per heavy atom. The van der Waals surface area contributed by atoms with Crippen molar-refractivity contribution in [2.75, 3.05) is 7.11 Å². The summed E-state index contributed by atoms with van der Waals surface area (Å²) in [5.74, 6) is -1.26. The minimum Gasteiger partial charge on any atom is -0.459 e. The molecule has 6 heteroatoms. The van der Waals surface area contributed by atoms with Crippen LogP contribution in [0.25, 0.3) is 0 Å². The van der Waals surface area contributed by atoms with Gasteiger partial charge in [0.2, 0.25) is 0 Å². The van der Waals surface area contributed by atoms with Crippen molar-refractivity contribution < 1.29 is 18.7 Å². The van der Waals surface area contributed by atoms with Gasteiger partial charge >= 0.3 is 5.97 Å². The molecular formula is C13H15ClFNO3. The normalized spacial score (nSPS) is 23.1. The van der Waals surface area contributed by atoms with Crippen molar-refractivity contribution >= 4 is 17.6 Å². The van der Waals surface area contributed by atoms with E-state index >= 15 is 0 Å². The van der Waals surface area contributed by atoms with Gasteiger partial charge in [-0.1, -0.05) is 11.6 Å². The van der Waals surface area contributed by atoms with Crippen LogP contribution in [0.3, 0.4) is 0 Å². The topological polar surface area (TPSA) is 48.4 Å². The van der Waals surface area contributed by atoms with E-state index in [1.54, 1.807) is 7.11 Å². The van der Waals surface area contributed by atoms with Crippen molar-refractivity contribution in [3.05, 3.63) is 28.8 Å². The Morgan fingerprint density at radius 1 is 1.47 bits per heavy atom. The molecule has 104 valence electrons. The average molecular weight is 288 g/mol. The lowest BCUT2D eigenvalue weighted by molar-refractivity contribution is -0.0149. The number of hydrogen-bond donors (Lipinski definition) is 0. The number of pyridine rings is 1. The number of methoxy groups -OCH3 is 1. The van der Waals surface area contributed by atoms with Crippen molar-refractivity contribution in [3.63, 3.8) is 0 Å². The van der Waals surface area contributed by atoms with E-state index in [0.717, 1.165) is 31.5 Å². The van der Waals surface area contributed by atoms with Crippen LogP contribution in [0.2, 0.25) is 5.15 Å². The molecule has 4 nitrogen and oxygen atoms in total. The highest BCUT2D eigenvalue weighted by atomic mass is 35.5. The molecule has 0 amide bonds. The lowest BCUT2D eigenvalue weighted by atomic mass is 9.95. The number of carbonyl (C=O) groups is 1. The van der Waals surface area contributed by atoms with Crippen LogP contribution in [-0.2, 0) is 9.47 Å². The predicted molar refractivity (Wildman–Crippen MR) is 67.7 cm³/mol. The fourth-order valence-corrected chi connectivity index (χ4v) is 2.38. The molecule has 19 heavy (non-hydrogen) atoms. The number of nitrogens with zero attached hydrogens (tertiary/aromatic N) is 1. The second-order valence-electron chi connectivity index (χ2n) is 4.54. The highest BCUT2D eigenvalue weighted by Gasteiger charge is 2.26. The summed E-state index contributed by atoms with van der Waals surface area (Å²) < 4.78 is 23.7. The lowest BCUT2D eigenvalue weighted by Gasteiger charge is -2.27. The van der Waals surface area contributed by atoms with Gasteiger partial charge in [-0.25, -0.2) is 14.2 Å². The number of rotatable bonds is 3. The van der Waals surface area contributed by atoms with Crippen LogP contribution in [0.5, 0.6) is 0 Å². The van der Waals surface area contributed by atoms with Crippen molar-refractivity contribution in [2.24, 2.45) is 0 Å². The molecule has 1 aromatic rings. The van der Waals surface area contributed by atoms with Gasteiger partial charge < -0.3 is 9.47 Å². The molecule has 0 bridgehead atoms. The third-order valence-electron chi connectivity index (χ3n) is 3.21. The zero-order valence-corrected chi connectivity index (χ0v) is 11.3. The minimum atomic E-state index is -0.640. The molecule has 2 rings (SSSR count). The van der Waals surface area contributed by atoms with Gasteiger partial charge in [0, 0.05) is 13.5 Å². The molecule has 0 N–H and O–H groups in total. The minimum absolute atomic E-state index is 0.0405. The smallest absolute Gasteiger partial charge is 0.341 e. The van der Waals surface area contributed by atoms with E-state index in [-0.39, 0.29) is 22.9 Å². The van der Waals surface area contributed by atoms with Gasteiger partial charge in [0.15, 0.2) is 0 Å². The summed E-state index contributed by atoms with van der Waals surface area (Å²) in [6.07, 6.45) is 4.19. The van der Waals surface area contributed by atoms with Crippen LogP contribution in [-0.4, -0.2) is 30.3 Å². The Balaban J connectivity index is 2.02. The van der Waals surface area contributed by atoms with E-state index in [1.807, 2.05) is 0 Å². The summed E-state index contributed by atoms with van der Waals surface area (Å²) in [4.78, 5) is 15.5. The number of aromatic nitrogens is 1. The Hall–Kier alpha value is -1.20. The molecule has 2 unspecified atom stereocenters. The van der Waals surface area contributed by atoms with Gasteiger partial charge in [-0.3, -0.25) is 0 Å². The molecule has 0 aromatic carbocycles. The number of hydrogen-bond acceptors (Lipinski definition) is 4. The van der Waals surface area contributed by atoms with Crippen LogP contribution in [0.15, 0.2) is 12.3 Å². The molecule has 0 spiro atoms. The first-order chi connectivity index (χ1) is 9.10. The monoisotopic (exact) mass is 287 g/mol. The zero-order chi connectivity index (χ0) is 13.8. The maximum Gasteiger partial charge on any atom is 0.341 e. The molecule has 2 atom stereocenters. The van der Waals surface area contributed by atoms with Crippen molar-refractivity contribution in [2.45, 2.75) is 37.9 Å². The molecule has 1 aliphatic carbocycles. The number of ether oxygens (including phenoxy) is 2. The fourth-order valence-electron chi connectivity index (χ4n) is 2.20. The Bertz CT molecular complexity index is 469. The van der Waals surface area contributed by atoms with Crippen molar-refractivity contribution in [3.8, 4) is 0 Å². The summed E-state index contributed by atoms with van der Waals surface area (Å²) in [5, 5.41) is -0.0505. The van der Waals surface area contributed by atoms with Gasteiger partial charge in [0.25, 0.3) is 0 Å². The van der Waals surface area contributed by atoms with Crippen LogP contribution in [0, 0.1) is 5.82 Å². The molecule has 1 aliphatic rings. The summed E-state index contributed by atoms with van der Waals surface area (Å²) >= 11 is 5.76. The van der Waals surface area contributed by atoms with Crippen molar-refractivity contribution in [1.29, 1.82) is 0 Å². The van der Waals surface area contributed by atoms with E-state index in [0.29, 0.717) is 6.42 Å². The van der Waals surface area contributed by atoms with E-state index in [1.165, 1.54) is 0 Å². The van der Waals surface area contributed by atoms with E-state index in [4.69, 9.17) is 21.1 Å². The molecule has 1 aromatic heterocycles. The second-order valence-corrected chi connectivity index (χ2v) is 4.90. The third kappa shape index (κ3) is 3.64. The maximum absolute atomic E-state index is 13.1. The van der Waals surface area contributed by atoms with E-state index in [2.05, 4.69) is 4.98 Å². The first-order valence-corrected chi connectivity index (χ1v) is 6.52. The van der Waals surface area contributed by atoms with Gasteiger partial charge in [-0.2, -0.15) is 0 Å². The first-order valence-electron chi connectivity index (χ1n) is 6.15. The fraction of sp³-hybridized carbons (Fsp3) is 0.538. The number of esters is 1. The highest BCUT2D eigenvalue weighted by Crippen LogP contribution is 2.25. The Labute approximate surface area is 115 Å². The second kappa shape index (κ2) is 6.30. The quantitative estimate of drug-likeness (QED) is 0.633. The Kier molecular flexibility index (Phi) is 4.71. The van der Waals surface area contributed by atoms with Gasteiger partial charge in [-0.15, -0.1) is 0 Å². The molecule has 1 heterocycles. The summed E-state index contributed by atoms with van der Waals surface area (Å²) in [6.45, 7) is 0. The standard InChI is InChI=1S/C13H15ClFNO3/c1-18-9-3-2-4-10(6-9)19-13(17)11-5-8(15)7-16-12(11)14/h5,7,9-10H,2-4,6H2,1H3. The maximum atomic E-state index is 13.1. The average Bonchev–Trinajstić information content (AvgIpc) is 2.41. The van der Waals surface area contributed by atoms with Gasteiger partial charge in [0.05, 0.1) is 17.9 Å². The first kappa shape index (κ1) is 14.2. The van der Waals surface area contributed by atoms with Gasteiger partial charge in [-0.05, 0) is 25.3 Å². The molecule has 0 radical (unpaired) electrons. The van der Waals surface area contributed by atoms with Crippen LogP contribution >= 0.6 is 11.6 Å². The third-order valence-corrected chi connectivity index (χ3v) is 3.51. The SMILES string of the molecule is COC1CCCC(OC(=O)c2cc(F)cnc2Cl)C1. The molecular weight excluding hydrogens is 273 g/mol. The largest absolute Gasteiger partial charge is 0.459 e. The van der Waals surface area contributed by atoms with Crippen LogP contribution in [0.4, 0.5) is 4.39 Å². The van der Waals surface area contributed by atoms with E-state index < -0.39 is 11.8 Å². The predicted octanol–water partition coefficient (Wildman–Crippen LogP) is 2.99. The highest BCUT2D eigenvalue weighted by molar-refractivity contribution is 6.32. The molecule has 0 saturated heterocycles. The molecule has 1 saturated carbocycles. The lowest BCUT2D eigenvalue weighted by Crippen LogP contribution is -2.29. The van der Waals surface area contributed by atoms with Gasteiger partial charge in [0.1, 0.15) is 17.1 Å². The summed E-state index contributed by atoms with van der Waals surface area (Å²) in [5.41, 5.74) is -0.0405. The number of halogens is 2. The van der Waals surface area contributed by atoms with Crippen molar-refractivity contribution in [1.82, 2.24) is 4.98 Å². The summed E-state index contributed by atoms with van der Waals surface area (Å²) in [6, 6.07) is 1.04. The Morgan fingerprint density at radius 2 is 2.21 bits per heavy atom. The molecule has 1 fully saturated rings. The zero-order valence-electron chi connectivity index (χ0n) is 10.6. The number of carbonyl (C=O) groups excluding carboxylic acids is 1. The van der Waals surface area contributed by atoms with Crippen LogP contribution in [0.1, 0.15) is 36.0 Å². The molecule has 0 aliphatic heterocycles. The van der Waals surface area contributed by atoms with E-state index in [9.17, 15) is 9.18 Å². The van der Waals surface area contributed by atoms with Crippen LogP contribution < -0.4 is 0 Å². The summed E-state index contributed by atoms with van der Waals surface area (Å²) in [7, 11) is 1.64.